The zero-order valence-electron chi connectivity index (χ0n) is 26.0. The first-order valence-electron chi connectivity index (χ1n) is 15.8. The van der Waals surface area contributed by atoms with Crippen molar-refractivity contribution in [3.8, 4) is 39.4 Å². The molecule has 5 aromatic rings. The van der Waals surface area contributed by atoms with Crippen LogP contribution in [0.2, 0.25) is 0 Å². The molecule has 2 aliphatic heterocycles. The number of amides is 2. The largest absolute Gasteiger partial charge is 0.493 e. The third-order valence-corrected chi connectivity index (χ3v) is 9.89. The minimum absolute atomic E-state index is 0.00347. The molecule has 4 aromatic heterocycles. The number of benzene rings is 1. The minimum Gasteiger partial charge on any atom is -0.493 e. The first-order valence-corrected chi connectivity index (χ1v) is 16.6. The van der Waals surface area contributed by atoms with Gasteiger partial charge in [0.15, 0.2) is 0 Å². The van der Waals surface area contributed by atoms with Gasteiger partial charge < -0.3 is 25.3 Å². The Balaban J connectivity index is 1.40. The Kier molecular flexibility index (Phi) is 8.49. The van der Waals surface area contributed by atoms with Gasteiger partial charge in [-0.3, -0.25) is 14.4 Å². The van der Waals surface area contributed by atoms with E-state index in [0.29, 0.717) is 66.6 Å². The van der Waals surface area contributed by atoms with E-state index in [1.807, 2.05) is 17.5 Å². The summed E-state index contributed by atoms with van der Waals surface area (Å²) in [5.41, 5.74) is 9.93. The number of fused-ring (bicyclic) bond motifs is 1. The number of carbonyl (C=O) groups excluding carboxylic acids is 2. The first-order chi connectivity index (χ1) is 23.3. The molecule has 1 aromatic carbocycles. The maximum atomic E-state index is 14.8. The number of nitrogens with one attached hydrogen (secondary N) is 1. The highest BCUT2D eigenvalue weighted by Crippen LogP contribution is 2.46. The molecule has 0 saturated carbocycles. The van der Waals surface area contributed by atoms with Crippen molar-refractivity contribution in [2.75, 3.05) is 32.0 Å². The predicted molar refractivity (Wildman–Crippen MR) is 184 cm³/mol. The Morgan fingerprint density at radius 3 is 2.81 bits per heavy atom. The second kappa shape index (κ2) is 13.0. The van der Waals surface area contributed by atoms with Crippen LogP contribution in [0.4, 0.5) is 10.2 Å². The van der Waals surface area contributed by atoms with E-state index >= 15 is 0 Å². The van der Waals surface area contributed by atoms with Crippen LogP contribution < -0.4 is 21.3 Å². The highest BCUT2D eigenvalue weighted by Gasteiger charge is 2.28. The third-order valence-electron chi connectivity index (χ3n) is 8.95. The zero-order chi connectivity index (χ0) is 33.4. The van der Waals surface area contributed by atoms with Crippen LogP contribution in [0.5, 0.6) is 5.75 Å². The highest BCUT2D eigenvalue weighted by atomic mass is 32.1. The van der Waals surface area contributed by atoms with Gasteiger partial charge in [0.05, 0.1) is 24.0 Å². The second-order valence-corrected chi connectivity index (χ2v) is 13.0. The standard InChI is InChI=1S/C36H33FN6O4S/c1-2-31(45)42-13-9-25(19-42)43-18-23(3-6-32(43)46)35-33(36-27(10-14-48-36)34(41-35)22-8-12-39-29(38)16-22)26-5-4-24(37)17-28(26)47-20-21-7-11-40-30(44)15-21/h2-6,8,10,12,14,16-18,21,25H,1,7,9,11,13,15,19-20H2,(H2,38,39)(H,40,44). The number of pyridine rings is 3. The molecule has 244 valence electrons. The van der Waals surface area contributed by atoms with E-state index in [-0.39, 0.29) is 35.9 Å². The predicted octanol–water partition coefficient (Wildman–Crippen LogP) is 5.44. The van der Waals surface area contributed by atoms with E-state index in [9.17, 15) is 18.8 Å². The Hall–Kier alpha value is -5.36. The maximum Gasteiger partial charge on any atom is 0.250 e. The van der Waals surface area contributed by atoms with Crippen LogP contribution >= 0.6 is 11.3 Å². The third kappa shape index (κ3) is 6.06. The number of piperidine rings is 1. The maximum absolute atomic E-state index is 14.8. The molecule has 0 spiro atoms. The van der Waals surface area contributed by atoms with Crippen LogP contribution in [0.25, 0.3) is 43.7 Å². The monoisotopic (exact) mass is 664 g/mol. The van der Waals surface area contributed by atoms with E-state index in [1.54, 1.807) is 40.1 Å². The fourth-order valence-corrected chi connectivity index (χ4v) is 7.51. The van der Waals surface area contributed by atoms with Crippen molar-refractivity contribution < 1.29 is 18.7 Å². The van der Waals surface area contributed by atoms with Gasteiger partial charge in [0.25, 0.3) is 5.56 Å². The molecule has 0 aliphatic carbocycles. The van der Waals surface area contributed by atoms with Crippen LogP contribution in [-0.4, -0.2) is 57.5 Å². The summed E-state index contributed by atoms with van der Waals surface area (Å²) in [5, 5.41) is 5.68. The van der Waals surface area contributed by atoms with E-state index in [4.69, 9.17) is 15.5 Å². The average molecular weight is 665 g/mol. The smallest absolute Gasteiger partial charge is 0.250 e. The molecule has 2 fully saturated rings. The van der Waals surface area contributed by atoms with Crippen LogP contribution in [0.1, 0.15) is 25.3 Å². The molecule has 7 rings (SSSR count). The minimum atomic E-state index is -0.454. The van der Waals surface area contributed by atoms with Gasteiger partial charge in [-0.15, -0.1) is 11.3 Å². The number of nitrogens with zero attached hydrogens (tertiary/aromatic N) is 4. The summed E-state index contributed by atoms with van der Waals surface area (Å²) in [7, 11) is 0. The Morgan fingerprint density at radius 2 is 2.00 bits per heavy atom. The Morgan fingerprint density at radius 1 is 1.12 bits per heavy atom. The number of anilines is 1. The molecule has 0 bridgehead atoms. The van der Waals surface area contributed by atoms with Crippen molar-refractivity contribution >= 4 is 39.1 Å². The number of rotatable bonds is 8. The summed E-state index contributed by atoms with van der Waals surface area (Å²) in [6, 6.07) is 13.1. The van der Waals surface area contributed by atoms with E-state index in [1.165, 1.54) is 35.6 Å². The number of hydrogen-bond acceptors (Lipinski definition) is 8. The molecule has 2 atom stereocenters. The van der Waals surface area contributed by atoms with Gasteiger partial charge in [0, 0.05) is 88.8 Å². The van der Waals surface area contributed by atoms with Crippen molar-refractivity contribution in [3.63, 3.8) is 0 Å². The summed E-state index contributed by atoms with van der Waals surface area (Å²) in [6.07, 6.45) is 6.42. The van der Waals surface area contributed by atoms with Gasteiger partial charge >= 0.3 is 0 Å². The van der Waals surface area contributed by atoms with Gasteiger partial charge in [0.1, 0.15) is 17.4 Å². The Labute approximate surface area is 279 Å². The van der Waals surface area contributed by atoms with E-state index in [2.05, 4.69) is 16.9 Å². The van der Waals surface area contributed by atoms with E-state index in [0.717, 1.165) is 27.6 Å². The first kappa shape index (κ1) is 31.3. The van der Waals surface area contributed by atoms with E-state index < -0.39 is 5.82 Å². The molecule has 2 amide bonds. The van der Waals surface area contributed by atoms with Crippen LogP contribution in [0.15, 0.2) is 83.8 Å². The van der Waals surface area contributed by atoms with Crippen molar-refractivity contribution in [1.82, 2.24) is 24.8 Å². The second-order valence-electron chi connectivity index (χ2n) is 12.1. The van der Waals surface area contributed by atoms with Gasteiger partial charge in [-0.1, -0.05) is 6.58 Å². The summed E-state index contributed by atoms with van der Waals surface area (Å²) in [6.45, 7) is 5.32. The van der Waals surface area contributed by atoms with Crippen LogP contribution in [0.3, 0.4) is 0 Å². The number of ether oxygens (including phenoxy) is 1. The quantitative estimate of drug-likeness (QED) is 0.211. The molecule has 12 heteroatoms. The number of nitrogens with two attached hydrogens (primary N) is 1. The van der Waals surface area contributed by atoms with Crippen LogP contribution in [-0.2, 0) is 9.59 Å². The lowest BCUT2D eigenvalue weighted by molar-refractivity contribution is -0.125. The van der Waals surface area contributed by atoms with Crippen molar-refractivity contribution in [3.05, 3.63) is 95.1 Å². The molecule has 10 nitrogen and oxygen atoms in total. The number of hydrogen-bond donors (Lipinski definition) is 2. The molecule has 3 N–H and O–H groups in total. The van der Waals surface area contributed by atoms with Crippen molar-refractivity contribution in [2.24, 2.45) is 5.92 Å². The number of carbonyl (C=O) groups is 2. The molecule has 48 heavy (non-hydrogen) atoms. The van der Waals surface area contributed by atoms with Crippen molar-refractivity contribution in [2.45, 2.75) is 25.3 Å². The lowest BCUT2D eigenvalue weighted by Gasteiger charge is -2.23. The van der Waals surface area contributed by atoms with Gasteiger partial charge in [0.2, 0.25) is 11.8 Å². The normalized spacial score (nSPS) is 17.8. The number of aromatic nitrogens is 3. The summed E-state index contributed by atoms with van der Waals surface area (Å²) < 4.78 is 23.7. The molecule has 6 heterocycles. The number of halogens is 1. The Bertz CT molecular complexity index is 2130. The highest BCUT2D eigenvalue weighted by molar-refractivity contribution is 7.18. The number of thiophene rings is 1. The average Bonchev–Trinajstić information content (AvgIpc) is 3.78. The topological polar surface area (TPSA) is 132 Å². The lowest BCUT2D eigenvalue weighted by atomic mass is 9.95. The molecule has 2 aliphatic rings. The summed E-state index contributed by atoms with van der Waals surface area (Å²) in [4.78, 5) is 48.7. The number of nitrogen functional groups attached to an aromatic ring is 1. The molecule has 2 saturated heterocycles. The zero-order valence-corrected chi connectivity index (χ0v) is 26.8. The van der Waals surface area contributed by atoms with Gasteiger partial charge in [-0.25, -0.2) is 14.4 Å². The molecule has 2 unspecified atom stereocenters. The SMILES string of the molecule is C=CC(=O)N1CCC(n2cc(-c3nc(-c4ccnc(N)c4)c4ccsc4c3-c3ccc(F)cc3OCC3CCNC(=O)C3)ccc2=O)C1. The fourth-order valence-electron chi connectivity index (χ4n) is 6.55. The summed E-state index contributed by atoms with van der Waals surface area (Å²) in [5.74, 6) is 0.0285. The van der Waals surface area contributed by atoms with Crippen molar-refractivity contribution in [1.29, 1.82) is 0 Å². The van der Waals surface area contributed by atoms with Gasteiger partial charge in [-0.2, -0.15) is 0 Å². The number of likely N-dealkylation sites (tertiary alicyclic amines) is 1. The molecular formula is C36H33FN6O4S. The molecular weight excluding hydrogens is 631 g/mol. The van der Waals surface area contributed by atoms with Gasteiger partial charge in [-0.05, 0) is 60.7 Å². The lowest BCUT2D eigenvalue weighted by Crippen LogP contribution is -2.35. The molecule has 0 radical (unpaired) electrons. The van der Waals surface area contributed by atoms with Crippen LogP contribution in [0, 0.1) is 11.7 Å². The summed E-state index contributed by atoms with van der Waals surface area (Å²) >= 11 is 1.52. The fraction of sp³-hybridized carbons (Fsp3) is 0.250.